The lowest BCUT2D eigenvalue weighted by Crippen LogP contribution is -2.49. The van der Waals surface area contributed by atoms with Crippen molar-refractivity contribution in [2.45, 2.75) is 45.3 Å². The standard InChI is InChI=1S/C14H23ClN2S/c1-10(2)16-8-11-4-6-13(11)17(3)9-12-5-7-14(15)18-12/h5,7,10-11,13,16H,4,6,8-9H2,1-3H3. The van der Waals surface area contributed by atoms with Crippen molar-refractivity contribution in [1.29, 1.82) is 0 Å². The average Bonchev–Trinajstić information content (AvgIpc) is 2.61. The van der Waals surface area contributed by atoms with E-state index in [0.717, 1.165) is 29.4 Å². The van der Waals surface area contributed by atoms with E-state index < -0.39 is 0 Å². The highest BCUT2D eigenvalue weighted by Gasteiger charge is 2.33. The van der Waals surface area contributed by atoms with Crippen molar-refractivity contribution in [3.8, 4) is 0 Å². The molecule has 2 nitrogen and oxygen atoms in total. The first kappa shape index (κ1) is 14.3. The molecular weight excluding hydrogens is 264 g/mol. The maximum absolute atomic E-state index is 5.97. The fourth-order valence-electron chi connectivity index (χ4n) is 2.56. The molecule has 18 heavy (non-hydrogen) atoms. The predicted octanol–water partition coefficient (Wildman–Crippen LogP) is 3.61. The van der Waals surface area contributed by atoms with E-state index in [-0.39, 0.29) is 0 Å². The summed E-state index contributed by atoms with van der Waals surface area (Å²) in [7, 11) is 2.24. The summed E-state index contributed by atoms with van der Waals surface area (Å²) in [6, 6.07) is 5.46. The maximum Gasteiger partial charge on any atom is 0.0931 e. The van der Waals surface area contributed by atoms with Gasteiger partial charge in [0.05, 0.1) is 4.34 Å². The summed E-state index contributed by atoms with van der Waals surface area (Å²) in [5, 5.41) is 3.56. The SMILES string of the molecule is CC(C)NCC1CCC1N(C)Cc1ccc(Cl)s1. The summed E-state index contributed by atoms with van der Waals surface area (Å²) < 4.78 is 0.894. The van der Waals surface area contributed by atoms with Gasteiger partial charge in [-0.1, -0.05) is 25.4 Å². The lowest BCUT2D eigenvalue weighted by atomic mass is 9.78. The van der Waals surface area contributed by atoms with Gasteiger partial charge in [-0.15, -0.1) is 11.3 Å². The third-order valence-electron chi connectivity index (χ3n) is 3.77. The summed E-state index contributed by atoms with van der Waals surface area (Å²) in [4.78, 5) is 3.85. The van der Waals surface area contributed by atoms with Crippen LogP contribution in [0, 0.1) is 5.92 Å². The van der Waals surface area contributed by atoms with Gasteiger partial charge in [0, 0.05) is 23.5 Å². The van der Waals surface area contributed by atoms with Crippen LogP contribution in [0.25, 0.3) is 0 Å². The summed E-state index contributed by atoms with van der Waals surface area (Å²) in [5.74, 6) is 0.813. The van der Waals surface area contributed by atoms with Crippen LogP contribution >= 0.6 is 22.9 Å². The van der Waals surface area contributed by atoms with Gasteiger partial charge in [0.1, 0.15) is 0 Å². The first-order chi connectivity index (χ1) is 8.56. The number of rotatable bonds is 6. The summed E-state index contributed by atoms with van der Waals surface area (Å²) in [6.45, 7) is 6.61. The van der Waals surface area contributed by atoms with Gasteiger partial charge in [-0.05, 0) is 44.5 Å². The molecule has 2 rings (SSSR count). The van der Waals surface area contributed by atoms with Gasteiger partial charge >= 0.3 is 0 Å². The molecule has 1 heterocycles. The molecule has 0 bridgehead atoms. The molecule has 0 amide bonds. The minimum absolute atomic E-state index is 0.590. The molecule has 0 spiro atoms. The van der Waals surface area contributed by atoms with E-state index in [1.54, 1.807) is 11.3 Å². The monoisotopic (exact) mass is 286 g/mol. The fourth-order valence-corrected chi connectivity index (χ4v) is 3.71. The summed E-state index contributed by atoms with van der Waals surface area (Å²) >= 11 is 7.67. The van der Waals surface area contributed by atoms with Crippen molar-refractivity contribution in [2.24, 2.45) is 5.92 Å². The van der Waals surface area contributed by atoms with E-state index in [2.05, 4.69) is 37.2 Å². The zero-order valence-corrected chi connectivity index (χ0v) is 13.0. The summed E-state index contributed by atoms with van der Waals surface area (Å²) in [5.41, 5.74) is 0. The number of hydrogen-bond acceptors (Lipinski definition) is 3. The molecule has 1 fully saturated rings. The van der Waals surface area contributed by atoms with E-state index in [1.807, 2.05) is 6.07 Å². The molecule has 0 radical (unpaired) electrons. The quantitative estimate of drug-likeness (QED) is 0.859. The van der Waals surface area contributed by atoms with Crippen molar-refractivity contribution in [2.75, 3.05) is 13.6 Å². The van der Waals surface area contributed by atoms with Crippen molar-refractivity contribution in [3.63, 3.8) is 0 Å². The molecule has 0 aliphatic heterocycles. The van der Waals surface area contributed by atoms with Crippen LogP contribution in [0.1, 0.15) is 31.6 Å². The van der Waals surface area contributed by atoms with Gasteiger partial charge in [0.25, 0.3) is 0 Å². The molecule has 0 saturated heterocycles. The van der Waals surface area contributed by atoms with Crippen molar-refractivity contribution in [3.05, 3.63) is 21.3 Å². The van der Waals surface area contributed by atoms with Crippen LogP contribution in [-0.4, -0.2) is 30.6 Å². The van der Waals surface area contributed by atoms with Gasteiger partial charge in [-0.3, -0.25) is 4.90 Å². The zero-order chi connectivity index (χ0) is 13.1. The van der Waals surface area contributed by atoms with Gasteiger partial charge < -0.3 is 5.32 Å². The second-order valence-corrected chi connectivity index (χ2v) is 7.39. The van der Waals surface area contributed by atoms with Crippen LogP contribution in [0.15, 0.2) is 12.1 Å². The van der Waals surface area contributed by atoms with E-state index in [9.17, 15) is 0 Å². The first-order valence-electron chi connectivity index (χ1n) is 6.74. The van der Waals surface area contributed by atoms with E-state index >= 15 is 0 Å². The average molecular weight is 287 g/mol. The Labute approximate surface area is 119 Å². The number of thiophene rings is 1. The number of halogens is 1. The smallest absolute Gasteiger partial charge is 0.0931 e. The van der Waals surface area contributed by atoms with E-state index in [1.165, 1.54) is 17.7 Å². The van der Waals surface area contributed by atoms with Crippen molar-refractivity contribution >= 4 is 22.9 Å². The minimum atomic E-state index is 0.590. The van der Waals surface area contributed by atoms with Crippen molar-refractivity contribution in [1.82, 2.24) is 10.2 Å². The van der Waals surface area contributed by atoms with Crippen LogP contribution in [0.3, 0.4) is 0 Å². The molecule has 2 atom stereocenters. The summed E-state index contributed by atoms with van der Waals surface area (Å²) in [6.07, 6.45) is 2.69. The first-order valence-corrected chi connectivity index (χ1v) is 7.93. The Hall–Kier alpha value is -0.0900. The molecule has 1 N–H and O–H groups in total. The van der Waals surface area contributed by atoms with Crippen molar-refractivity contribution < 1.29 is 0 Å². The normalized spacial score (nSPS) is 23.7. The molecule has 1 aromatic rings. The highest BCUT2D eigenvalue weighted by Crippen LogP contribution is 2.33. The predicted molar refractivity (Wildman–Crippen MR) is 80.4 cm³/mol. The molecule has 4 heteroatoms. The Morgan fingerprint density at radius 1 is 1.44 bits per heavy atom. The number of hydrogen-bond donors (Lipinski definition) is 1. The molecule has 1 aliphatic rings. The molecular formula is C14H23ClN2S. The molecule has 2 unspecified atom stereocenters. The van der Waals surface area contributed by atoms with Crippen LogP contribution in [0.5, 0.6) is 0 Å². The molecule has 1 aliphatic carbocycles. The minimum Gasteiger partial charge on any atom is -0.314 e. The lowest BCUT2D eigenvalue weighted by Gasteiger charge is -2.43. The molecule has 0 aromatic carbocycles. The largest absolute Gasteiger partial charge is 0.314 e. The Balaban J connectivity index is 1.80. The van der Waals surface area contributed by atoms with Gasteiger partial charge in [-0.2, -0.15) is 0 Å². The second-order valence-electron chi connectivity index (χ2n) is 5.59. The molecule has 1 saturated carbocycles. The Kier molecular flexibility index (Phi) is 5.07. The number of nitrogens with zero attached hydrogens (tertiary/aromatic N) is 1. The highest BCUT2D eigenvalue weighted by molar-refractivity contribution is 7.16. The Morgan fingerprint density at radius 3 is 2.72 bits per heavy atom. The van der Waals surface area contributed by atoms with Crippen LogP contribution in [-0.2, 0) is 6.54 Å². The number of nitrogens with one attached hydrogen (secondary N) is 1. The van der Waals surface area contributed by atoms with Gasteiger partial charge in [0.2, 0.25) is 0 Å². The lowest BCUT2D eigenvalue weighted by molar-refractivity contribution is 0.0776. The Morgan fingerprint density at radius 2 is 2.22 bits per heavy atom. The molecule has 1 aromatic heterocycles. The third kappa shape index (κ3) is 3.70. The zero-order valence-electron chi connectivity index (χ0n) is 11.4. The van der Waals surface area contributed by atoms with Crippen LogP contribution < -0.4 is 5.32 Å². The molecule has 102 valence electrons. The second kappa shape index (κ2) is 6.38. The van der Waals surface area contributed by atoms with E-state index in [0.29, 0.717) is 6.04 Å². The Bertz CT molecular complexity index is 378. The van der Waals surface area contributed by atoms with E-state index in [4.69, 9.17) is 11.6 Å². The van der Waals surface area contributed by atoms with Gasteiger partial charge in [-0.25, -0.2) is 0 Å². The van der Waals surface area contributed by atoms with Crippen LogP contribution in [0.2, 0.25) is 4.34 Å². The topological polar surface area (TPSA) is 15.3 Å². The van der Waals surface area contributed by atoms with Gasteiger partial charge in [0.15, 0.2) is 0 Å². The maximum atomic E-state index is 5.97. The third-order valence-corrected chi connectivity index (χ3v) is 4.98. The van der Waals surface area contributed by atoms with Crippen LogP contribution in [0.4, 0.5) is 0 Å². The highest BCUT2D eigenvalue weighted by atomic mass is 35.5. The fraction of sp³-hybridized carbons (Fsp3) is 0.714.